The maximum Gasteiger partial charge on any atom is 0.320 e. The van der Waals surface area contributed by atoms with E-state index in [4.69, 9.17) is 20.3 Å². The SMILES string of the molecule is CCO[C@@H](Cc1ccc(OCCN2c3ccccc3Sc3ccccc32)cc1)C(=O)[O-].NC(CCCC[NH3+])C(=O)O. The Morgan fingerprint density at radius 3 is 2.15 bits per heavy atom. The molecule has 10 heteroatoms. The summed E-state index contributed by atoms with van der Waals surface area (Å²) in [5, 5.41) is 19.5. The molecule has 0 amide bonds. The van der Waals surface area contributed by atoms with E-state index in [1.54, 1.807) is 18.7 Å². The first-order valence-electron chi connectivity index (χ1n) is 13.8. The fraction of sp³-hybridized carbons (Fsp3) is 0.355. The average Bonchev–Trinajstić information content (AvgIpc) is 2.97. The highest BCUT2D eigenvalue weighted by Gasteiger charge is 2.22. The molecule has 41 heavy (non-hydrogen) atoms. The molecule has 0 bridgehead atoms. The van der Waals surface area contributed by atoms with Crippen LogP contribution in [0, 0.1) is 0 Å². The number of carboxylic acid groups (broad SMARTS) is 2. The van der Waals surface area contributed by atoms with Crippen LogP contribution in [-0.4, -0.2) is 55.5 Å². The fourth-order valence-electron chi connectivity index (χ4n) is 4.29. The molecule has 0 saturated heterocycles. The average molecular weight is 582 g/mol. The Balaban J connectivity index is 0.000000397. The van der Waals surface area contributed by atoms with E-state index in [-0.39, 0.29) is 6.42 Å². The number of ether oxygens (including phenoxy) is 2. The third-order valence-electron chi connectivity index (χ3n) is 6.42. The largest absolute Gasteiger partial charge is 0.547 e. The lowest BCUT2D eigenvalue weighted by Crippen LogP contribution is -2.50. The normalized spacial score (nSPS) is 13.2. The highest BCUT2D eigenvalue weighted by atomic mass is 32.2. The van der Waals surface area contributed by atoms with Gasteiger partial charge in [0.25, 0.3) is 0 Å². The molecule has 3 aromatic rings. The molecular formula is C31H39N3O6S. The molecule has 0 aromatic heterocycles. The van der Waals surface area contributed by atoms with Gasteiger partial charge in [-0.1, -0.05) is 48.2 Å². The van der Waals surface area contributed by atoms with Crippen molar-refractivity contribution >= 4 is 35.1 Å². The van der Waals surface area contributed by atoms with Crippen LogP contribution < -0.4 is 26.2 Å². The van der Waals surface area contributed by atoms with E-state index >= 15 is 0 Å². The number of carbonyl (C=O) groups is 2. The molecule has 0 radical (unpaired) electrons. The molecule has 1 aliphatic heterocycles. The monoisotopic (exact) mass is 581 g/mol. The van der Waals surface area contributed by atoms with Gasteiger partial charge in [-0.3, -0.25) is 4.79 Å². The van der Waals surface area contributed by atoms with Gasteiger partial charge in [0.2, 0.25) is 0 Å². The summed E-state index contributed by atoms with van der Waals surface area (Å²) < 4.78 is 11.2. The van der Waals surface area contributed by atoms with Crippen LogP contribution in [0.4, 0.5) is 11.4 Å². The Bertz CT molecular complexity index is 1210. The van der Waals surface area contributed by atoms with Crippen LogP contribution >= 0.6 is 11.8 Å². The number of benzene rings is 3. The number of carbonyl (C=O) groups excluding carboxylic acids is 1. The Morgan fingerprint density at radius 1 is 1.00 bits per heavy atom. The van der Waals surface area contributed by atoms with Crippen molar-refractivity contribution in [3.8, 4) is 5.75 Å². The number of unbranched alkanes of at least 4 members (excludes halogenated alkanes) is 1. The Hall–Kier alpha value is -3.57. The van der Waals surface area contributed by atoms with Gasteiger partial charge < -0.3 is 40.8 Å². The summed E-state index contributed by atoms with van der Waals surface area (Å²) in [6.45, 7) is 4.19. The van der Waals surface area contributed by atoms with Crippen molar-refractivity contribution < 1.29 is 35.0 Å². The second kappa shape index (κ2) is 16.6. The van der Waals surface area contributed by atoms with Crippen LogP contribution in [0.1, 0.15) is 31.7 Å². The molecule has 1 unspecified atom stereocenters. The van der Waals surface area contributed by atoms with Gasteiger partial charge in [0, 0.05) is 22.8 Å². The number of rotatable bonds is 14. The number of nitrogens with two attached hydrogens (primary N) is 1. The van der Waals surface area contributed by atoms with Crippen molar-refractivity contribution in [1.29, 1.82) is 0 Å². The first-order valence-corrected chi connectivity index (χ1v) is 14.6. The minimum Gasteiger partial charge on any atom is -0.547 e. The number of anilines is 2. The van der Waals surface area contributed by atoms with Gasteiger partial charge in [0.15, 0.2) is 0 Å². The summed E-state index contributed by atoms with van der Waals surface area (Å²) >= 11 is 1.79. The quantitative estimate of drug-likeness (QED) is 0.244. The van der Waals surface area contributed by atoms with Crippen LogP contribution in [0.15, 0.2) is 82.6 Å². The zero-order valence-electron chi connectivity index (χ0n) is 23.4. The minimum atomic E-state index is -1.19. The van der Waals surface area contributed by atoms with Gasteiger partial charge in [-0.25, -0.2) is 0 Å². The number of nitrogens with zero attached hydrogens (tertiary/aromatic N) is 1. The van der Waals surface area contributed by atoms with Crippen LogP contribution in [0.5, 0.6) is 5.75 Å². The number of carboxylic acids is 2. The lowest BCUT2D eigenvalue weighted by atomic mass is 10.1. The van der Waals surface area contributed by atoms with E-state index in [0.29, 0.717) is 26.2 Å². The summed E-state index contributed by atoms with van der Waals surface area (Å²) in [6.07, 6.45) is 1.71. The molecule has 1 heterocycles. The predicted molar refractivity (Wildman–Crippen MR) is 157 cm³/mol. The van der Waals surface area contributed by atoms with Crippen LogP contribution in [0.25, 0.3) is 0 Å². The van der Waals surface area contributed by atoms with Crippen molar-refractivity contribution in [1.82, 2.24) is 0 Å². The summed E-state index contributed by atoms with van der Waals surface area (Å²) in [7, 11) is 0. The molecule has 4 rings (SSSR count). The number of aliphatic carboxylic acids is 2. The van der Waals surface area contributed by atoms with Crippen molar-refractivity contribution in [2.75, 3.05) is 31.2 Å². The summed E-state index contributed by atoms with van der Waals surface area (Å²) in [6, 6.07) is 23.6. The molecule has 220 valence electrons. The second-order valence-electron chi connectivity index (χ2n) is 9.44. The number of hydrogen-bond donors (Lipinski definition) is 3. The van der Waals surface area contributed by atoms with E-state index in [1.807, 2.05) is 24.3 Å². The topological polar surface area (TPSA) is 153 Å². The Morgan fingerprint density at radius 2 is 1.61 bits per heavy atom. The second-order valence-corrected chi connectivity index (χ2v) is 10.5. The van der Waals surface area contributed by atoms with Crippen molar-refractivity contribution in [3.63, 3.8) is 0 Å². The molecule has 0 spiro atoms. The Kier molecular flexibility index (Phi) is 13.0. The van der Waals surface area contributed by atoms with Gasteiger partial charge in [-0.15, -0.1) is 0 Å². The number of hydrogen-bond acceptors (Lipinski definition) is 8. The van der Waals surface area contributed by atoms with Gasteiger partial charge >= 0.3 is 5.97 Å². The zero-order valence-corrected chi connectivity index (χ0v) is 24.2. The Labute approximate surface area is 245 Å². The molecule has 3 aromatic carbocycles. The van der Waals surface area contributed by atoms with Gasteiger partial charge in [0.1, 0.15) is 24.5 Å². The standard InChI is InChI=1S/C25H25NO4S.C6H14N2O2/c1-2-29-22(25(27)28)17-18-11-13-19(14-12-18)30-16-15-26-20-7-3-5-9-23(20)31-24-10-6-4-8-21(24)26;7-4-2-1-3-5(8)6(9)10/h3-14,22H,2,15-17H2,1H3,(H,27,28);5H,1-4,7-8H2,(H,9,10)/t22-;/m0./s1. The summed E-state index contributed by atoms with van der Waals surface area (Å²) in [5.74, 6) is -1.36. The van der Waals surface area contributed by atoms with Crippen molar-refractivity contribution in [3.05, 3.63) is 78.4 Å². The van der Waals surface area contributed by atoms with E-state index in [1.165, 1.54) is 21.2 Å². The van der Waals surface area contributed by atoms with E-state index in [0.717, 1.165) is 30.7 Å². The lowest BCUT2D eigenvalue weighted by molar-refractivity contribution is -0.368. The van der Waals surface area contributed by atoms with Gasteiger partial charge in [-0.05, 0) is 68.1 Å². The third-order valence-corrected chi connectivity index (χ3v) is 7.55. The van der Waals surface area contributed by atoms with Crippen LogP contribution in [-0.2, 0) is 20.7 Å². The molecule has 0 saturated carbocycles. The van der Waals surface area contributed by atoms with Gasteiger partial charge in [-0.2, -0.15) is 0 Å². The fourth-order valence-corrected chi connectivity index (χ4v) is 5.38. The maximum atomic E-state index is 11.2. The number of para-hydroxylation sites is 2. The lowest BCUT2D eigenvalue weighted by Gasteiger charge is -2.32. The van der Waals surface area contributed by atoms with E-state index in [2.05, 4.69) is 59.2 Å². The number of quaternary nitrogens is 1. The highest BCUT2D eigenvalue weighted by molar-refractivity contribution is 7.99. The molecule has 2 atom stereocenters. The third kappa shape index (κ3) is 9.79. The molecule has 0 aliphatic carbocycles. The van der Waals surface area contributed by atoms with Gasteiger partial charge in [0.05, 0.1) is 30.4 Å². The summed E-state index contributed by atoms with van der Waals surface area (Å²) in [4.78, 5) is 26.1. The van der Waals surface area contributed by atoms with Crippen molar-refractivity contribution in [2.45, 2.75) is 54.5 Å². The molecule has 1 aliphatic rings. The molecule has 0 fully saturated rings. The molecule has 6 N–H and O–H groups in total. The summed E-state index contributed by atoms with van der Waals surface area (Å²) in [5.41, 5.74) is 12.1. The highest BCUT2D eigenvalue weighted by Crippen LogP contribution is 2.47. The van der Waals surface area contributed by atoms with E-state index in [9.17, 15) is 14.7 Å². The van der Waals surface area contributed by atoms with Crippen molar-refractivity contribution in [2.24, 2.45) is 5.73 Å². The smallest absolute Gasteiger partial charge is 0.320 e. The zero-order chi connectivity index (χ0) is 29.6. The minimum absolute atomic E-state index is 0.273. The maximum absolute atomic E-state index is 11.2. The predicted octanol–water partition coefficient (Wildman–Crippen LogP) is 2.88. The first kappa shape index (κ1) is 32.0. The van der Waals surface area contributed by atoms with E-state index < -0.39 is 24.1 Å². The van der Waals surface area contributed by atoms with Crippen LogP contribution in [0.2, 0.25) is 0 Å². The van der Waals surface area contributed by atoms with Crippen LogP contribution in [0.3, 0.4) is 0 Å². The molecule has 9 nitrogen and oxygen atoms in total. The number of fused-ring (bicyclic) bond motifs is 2. The molecular weight excluding hydrogens is 542 g/mol. The first-order chi connectivity index (χ1) is 19.8.